The molecular formula is C18H26F3N3O2. The molecule has 26 heavy (non-hydrogen) atoms. The van der Waals surface area contributed by atoms with Crippen LogP contribution in [0.4, 0.5) is 18.9 Å². The molecule has 0 radical (unpaired) electrons. The Morgan fingerprint density at radius 3 is 2.31 bits per heavy atom. The first-order chi connectivity index (χ1) is 12.4. The fourth-order valence-electron chi connectivity index (χ4n) is 2.41. The van der Waals surface area contributed by atoms with E-state index in [4.69, 9.17) is 0 Å². The highest BCUT2D eigenvalue weighted by Gasteiger charge is 2.18. The van der Waals surface area contributed by atoms with E-state index in [0.29, 0.717) is 13.1 Å². The van der Waals surface area contributed by atoms with Crippen molar-refractivity contribution in [1.82, 2.24) is 10.2 Å². The number of halogens is 3. The van der Waals surface area contributed by atoms with Crippen molar-refractivity contribution >= 4 is 17.5 Å². The Morgan fingerprint density at radius 2 is 1.65 bits per heavy atom. The minimum absolute atomic E-state index is 0.0354. The van der Waals surface area contributed by atoms with Gasteiger partial charge in [-0.2, -0.15) is 0 Å². The normalized spacial score (nSPS) is 10.8. The van der Waals surface area contributed by atoms with Gasteiger partial charge in [0, 0.05) is 6.54 Å². The van der Waals surface area contributed by atoms with Crippen molar-refractivity contribution in [3.63, 3.8) is 0 Å². The van der Waals surface area contributed by atoms with Crippen LogP contribution in [0.1, 0.15) is 39.5 Å². The topological polar surface area (TPSA) is 61.4 Å². The van der Waals surface area contributed by atoms with E-state index >= 15 is 0 Å². The number of nitrogens with one attached hydrogen (secondary N) is 2. The molecule has 1 rings (SSSR count). The maximum Gasteiger partial charge on any atom is 0.238 e. The third-order valence-electron chi connectivity index (χ3n) is 3.69. The number of carbonyl (C=O) groups excluding carboxylic acids is 2. The van der Waals surface area contributed by atoms with Gasteiger partial charge < -0.3 is 10.6 Å². The van der Waals surface area contributed by atoms with Gasteiger partial charge in [0.1, 0.15) is 0 Å². The molecule has 0 aliphatic carbocycles. The fourth-order valence-corrected chi connectivity index (χ4v) is 2.41. The molecule has 0 heterocycles. The van der Waals surface area contributed by atoms with Crippen molar-refractivity contribution in [3.8, 4) is 0 Å². The SMILES string of the molecule is CCCCCNC(=O)CN(CCC)CC(=O)Nc1ccc(F)c(F)c1F. The van der Waals surface area contributed by atoms with Crippen molar-refractivity contribution in [2.45, 2.75) is 39.5 Å². The molecule has 1 aromatic carbocycles. The van der Waals surface area contributed by atoms with Gasteiger partial charge in [-0.05, 0) is 31.5 Å². The summed E-state index contributed by atoms with van der Waals surface area (Å²) in [5, 5.41) is 4.99. The zero-order valence-corrected chi connectivity index (χ0v) is 15.2. The molecule has 0 fully saturated rings. The minimum Gasteiger partial charge on any atom is -0.355 e. The van der Waals surface area contributed by atoms with Crippen LogP contribution in [-0.2, 0) is 9.59 Å². The number of amides is 2. The Bertz CT molecular complexity index is 612. The number of carbonyl (C=O) groups is 2. The summed E-state index contributed by atoms with van der Waals surface area (Å²) in [6.45, 7) is 4.93. The van der Waals surface area contributed by atoms with Crippen LogP contribution in [0.3, 0.4) is 0 Å². The molecule has 0 atom stereocenters. The number of hydrogen-bond acceptors (Lipinski definition) is 3. The zero-order valence-electron chi connectivity index (χ0n) is 15.2. The molecule has 5 nitrogen and oxygen atoms in total. The molecule has 0 aromatic heterocycles. The van der Waals surface area contributed by atoms with Gasteiger partial charge in [-0.25, -0.2) is 13.2 Å². The van der Waals surface area contributed by atoms with E-state index in [-0.39, 0.29) is 19.0 Å². The Balaban J connectivity index is 2.56. The van der Waals surface area contributed by atoms with E-state index in [0.717, 1.165) is 37.8 Å². The van der Waals surface area contributed by atoms with Gasteiger partial charge >= 0.3 is 0 Å². The minimum atomic E-state index is -1.64. The van der Waals surface area contributed by atoms with Gasteiger partial charge in [0.15, 0.2) is 17.5 Å². The van der Waals surface area contributed by atoms with Crippen molar-refractivity contribution in [1.29, 1.82) is 0 Å². The molecular weight excluding hydrogens is 347 g/mol. The Labute approximate surface area is 151 Å². The standard InChI is InChI=1S/C18H26F3N3O2/c1-3-5-6-9-22-15(25)11-24(10-4-2)12-16(26)23-14-8-7-13(19)17(20)18(14)21/h7-8H,3-6,9-12H2,1-2H3,(H,22,25)(H,23,26). The van der Waals surface area contributed by atoms with Crippen LogP contribution in [0.2, 0.25) is 0 Å². The molecule has 0 saturated heterocycles. The number of rotatable bonds is 11. The largest absolute Gasteiger partial charge is 0.355 e. The first-order valence-electron chi connectivity index (χ1n) is 8.81. The van der Waals surface area contributed by atoms with E-state index in [1.165, 1.54) is 0 Å². The summed E-state index contributed by atoms with van der Waals surface area (Å²) in [6, 6.07) is 1.69. The molecule has 1 aromatic rings. The summed E-state index contributed by atoms with van der Waals surface area (Å²) in [5.74, 6) is -5.22. The molecule has 0 aliphatic rings. The number of unbranched alkanes of at least 4 members (excludes halogenated alkanes) is 2. The van der Waals surface area contributed by atoms with Gasteiger partial charge in [-0.3, -0.25) is 14.5 Å². The quantitative estimate of drug-likeness (QED) is 0.463. The molecule has 0 bridgehead atoms. The van der Waals surface area contributed by atoms with Gasteiger partial charge in [0.05, 0.1) is 18.8 Å². The lowest BCUT2D eigenvalue weighted by Crippen LogP contribution is -2.41. The highest BCUT2D eigenvalue weighted by molar-refractivity contribution is 5.92. The summed E-state index contributed by atoms with van der Waals surface area (Å²) in [5.41, 5.74) is -0.436. The van der Waals surface area contributed by atoms with E-state index in [9.17, 15) is 22.8 Å². The van der Waals surface area contributed by atoms with Gasteiger partial charge in [0.25, 0.3) is 0 Å². The van der Waals surface area contributed by atoms with Crippen LogP contribution in [0.5, 0.6) is 0 Å². The summed E-state index contributed by atoms with van der Waals surface area (Å²) in [4.78, 5) is 25.6. The summed E-state index contributed by atoms with van der Waals surface area (Å²) >= 11 is 0. The Hall–Kier alpha value is -2.09. The van der Waals surface area contributed by atoms with Crippen LogP contribution in [0.25, 0.3) is 0 Å². The first-order valence-corrected chi connectivity index (χ1v) is 8.81. The van der Waals surface area contributed by atoms with Crippen molar-refractivity contribution in [3.05, 3.63) is 29.6 Å². The average molecular weight is 373 g/mol. The predicted molar refractivity (Wildman–Crippen MR) is 94.2 cm³/mol. The molecule has 0 unspecified atom stereocenters. The van der Waals surface area contributed by atoms with Crippen LogP contribution in [-0.4, -0.2) is 42.9 Å². The first kappa shape index (κ1) is 22.0. The van der Waals surface area contributed by atoms with Crippen LogP contribution >= 0.6 is 0 Å². The van der Waals surface area contributed by atoms with Gasteiger partial charge in [0.2, 0.25) is 11.8 Å². The number of hydrogen-bond donors (Lipinski definition) is 2. The number of anilines is 1. The van der Waals surface area contributed by atoms with Gasteiger partial charge in [-0.15, -0.1) is 0 Å². The lowest BCUT2D eigenvalue weighted by Gasteiger charge is -2.20. The highest BCUT2D eigenvalue weighted by Crippen LogP contribution is 2.19. The monoisotopic (exact) mass is 373 g/mol. The second-order valence-corrected chi connectivity index (χ2v) is 6.04. The number of benzene rings is 1. The molecule has 2 amide bonds. The second kappa shape index (κ2) is 11.5. The van der Waals surface area contributed by atoms with Crippen molar-refractivity contribution < 1.29 is 22.8 Å². The molecule has 146 valence electrons. The Morgan fingerprint density at radius 1 is 0.962 bits per heavy atom. The summed E-state index contributed by atoms with van der Waals surface area (Å²) in [7, 11) is 0. The number of nitrogens with zero attached hydrogens (tertiary/aromatic N) is 1. The third kappa shape index (κ3) is 7.43. The lowest BCUT2D eigenvalue weighted by atomic mass is 10.2. The molecule has 0 aliphatic heterocycles. The third-order valence-corrected chi connectivity index (χ3v) is 3.69. The van der Waals surface area contributed by atoms with E-state index in [2.05, 4.69) is 17.6 Å². The molecule has 0 spiro atoms. The fraction of sp³-hybridized carbons (Fsp3) is 0.556. The van der Waals surface area contributed by atoms with Crippen LogP contribution in [0.15, 0.2) is 12.1 Å². The van der Waals surface area contributed by atoms with E-state index in [1.54, 1.807) is 4.90 Å². The van der Waals surface area contributed by atoms with E-state index in [1.807, 2.05) is 6.92 Å². The summed E-state index contributed by atoms with van der Waals surface area (Å²) < 4.78 is 39.7. The second-order valence-electron chi connectivity index (χ2n) is 6.04. The average Bonchev–Trinajstić information content (AvgIpc) is 2.59. The van der Waals surface area contributed by atoms with Crippen LogP contribution in [0, 0.1) is 17.5 Å². The Kier molecular flexibility index (Phi) is 9.72. The van der Waals surface area contributed by atoms with Crippen LogP contribution < -0.4 is 10.6 Å². The summed E-state index contributed by atoms with van der Waals surface area (Å²) in [6.07, 6.45) is 3.70. The molecule has 8 heteroatoms. The van der Waals surface area contributed by atoms with Crippen molar-refractivity contribution in [2.75, 3.05) is 31.5 Å². The highest BCUT2D eigenvalue weighted by atomic mass is 19.2. The predicted octanol–water partition coefficient (Wildman–Crippen LogP) is 3.06. The maximum absolute atomic E-state index is 13.6. The molecule has 0 saturated carbocycles. The maximum atomic E-state index is 13.6. The smallest absolute Gasteiger partial charge is 0.238 e. The van der Waals surface area contributed by atoms with Gasteiger partial charge in [-0.1, -0.05) is 26.7 Å². The lowest BCUT2D eigenvalue weighted by molar-refractivity contribution is -0.123. The van der Waals surface area contributed by atoms with E-state index < -0.39 is 29.0 Å². The zero-order chi connectivity index (χ0) is 19.5. The van der Waals surface area contributed by atoms with Crippen molar-refractivity contribution in [2.24, 2.45) is 0 Å². The molecule has 2 N–H and O–H groups in total.